The van der Waals surface area contributed by atoms with E-state index < -0.39 is 0 Å². The van der Waals surface area contributed by atoms with Crippen LogP contribution < -0.4 is 20.1 Å². The van der Waals surface area contributed by atoms with Gasteiger partial charge in [-0.25, -0.2) is 0 Å². The lowest BCUT2D eigenvalue weighted by Gasteiger charge is -2.16. The van der Waals surface area contributed by atoms with Crippen LogP contribution in [0, 0.1) is 5.92 Å². The lowest BCUT2D eigenvalue weighted by molar-refractivity contribution is -0.119. The average molecular weight is 396 g/mol. The van der Waals surface area contributed by atoms with Crippen LogP contribution in [-0.2, 0) is 4.79 Å². The molecule has 0 aliphatic rings. The van der Waals surface area contributed by atoms with Crippen molar-refractivity contribution in [1.82, 2.24) is 5.32 Å². The van der Waals surface area contributed by atoms with E-state index in [1.165, 1.54) is 0 Å². The molecule has 0 saturated carbocycles. The van der Waals surface area contributed by atoms with E-state index in [4.69, 9.17) is 9.47 Å². The number of halogens is 2. The maximum Gasteiger partial charge on any atom is 0.228 e. The summed E-state index contributed by atoms with van der Waals surface area (Å²) in [7, 11) is 1.82. The van der Waals surface area contributed by atoms with Gasteiger partial charge in [-0.15, -0.1) is 12.4 Å². The van der Waals surface area contributed by atoms with Crippen LogP contribution in [0.1, 0.15) is 20.8 Å². The van der Waals surface area contributed by atoms with Gasteiger partial charge in [-0.1, -0.05) is 6.92 Å². The second-order valence-electron chi connectivity index (χ2n) is 4.59. The van der Waals surface area contributed by atoms with Crippen LogP contribution >= 0.6 is 28.3 Å². The van der Waals surface area contributed by atoms with E-state index in [1.54, 1.807) is 6.07 Å². The summed E-state index contributed by atoms with van der Waals surface area (Å²) in [6.07, 6.45) is 0. The zero-order valence-electron chi connectivity index (χ0n) is 13.4. The first-order valence-electron chi connectivity index (χ1n) is 7.08. The van der Waals surface area contributed by atoms with Gasteiger partial charge in [-0.05, 0) is 36.8 Å². The van der Waals surface area contributed by atoms with Crippen LogP contribution in [0.25, 0.3) is 0 Å². The topological polar surface area (TPSA) is 59.6 Å². The van der Waals surface area contributed by atoms with Gasteiger partial charge in [-0.2, -0.15) is 0 Å². The molecule has 5 nitrogen and oxygen atoms in total. The molecule has 1 rings (SSSR count). The highest BCUT2D eigenvalue weighted by atomic mass is 79.9. The summed E-state index contributed by atoms with van der Waals surface area (Å²) in [4.78, 5) is 12.1. The van der Waals surface area contributed by atoms with E-state index in [0.717, 1.165) is 4.47 Å². The molecule has 0 radical (unpaired) electrons. The third-order valence-corrected chi connectivity index (χ3v) is 3.50. The van der Waals surface area contributed by atoms with E-state index in [2.05, 4.69) is 26.6 Å². The second kappa shape index (κ2) is 10.7. The van der Waals surface area contributed by atoms with Gasteiger partial charge in [0, 0.05) is 29.1 Å². The number of hydrogen-bond donors (Lipinski definition) is 2. The average Bonchev–Trinajstić information content (AvgIpc) is 2.44. The number of rotatable bonds is 8. The van der Waals surface area contributed by atoms with E-state index in [-0.39, 0.29) is 24.2 Å². The van der Waals surface area contributed by atoms with E-state index >= 15 is 0 Å². The van der Waals surface area contributed by atoms with Gasteiger partial charge in [0.15, 0.2) is 11.5 Å². The van der Waals surface area contributed by atoms with Crippen molar-refractivity contribution >= 4 is 39.9 Å². The molecule has 22 heavy (non-hydrogen) atoms. The lowest BCUT2D eigenvalue weighted by Crippen LogP contribution is -2.28. The zero-order valence-corrected chi connectivity index (χ0v) is 15.8. The van der Waals surface area contributed by atoms with Crippen molar-refractivity contribution in [2.75, 3.05) is 32.1 Å². The predicted molar refractivity (Wildman–Crippen MR) is 95.4 cm³/mol. The molecule has 0 heterocycles. The maximum absolute atomic E-state index is 12.1. The fraction of sp³-hybridized carbons (Fsp3) is 0.533. The first-order valence-corrected chi connectivity index (χ1v) is 7.87. The number of anilines is 1. The fourth-order valence-electron chi connectivity index (χ4n) is 1.82. The quantitative estimate of drug-likeness (QED) is 0.707. The van der Waals surface area contributed by atoms with Crippen molar-refractivity contribution in [2.45, 2.75) is 20.8 Å². The van der Waals surface area contributed by atoms with Crippen LogP contribution in [0.5, 0.6) is 11.5 Å². The summed E-state index contributed by atoms with van der Waals surface area (Å²) >= 11 is 3.45. The number of carbonyl (C=O) groups excluding carboxylic acids is 1. The van der Waals surface area contributed by atoms with Crippen LogP contribution in [0.4, 0.5) is 5.69 Å². The Morgan fingerprint density at radius 2 is 1.77 bits per heavy atom. The van der Waals surface area contributed by atoms with Gasteiger partial charge < -0.3 is 20.1 Å². The van der Waals surface area contributed by atoms with E-state index in [0.29, 0.717) is 36.9 Å². The molecule has 0 bridgehead atoms. The summed E-state index contributed by atoms with van der Waals surface area (Å²) in [6.45, 7) is 7.41. The Balaban J connectivity index is 0.00000441. The monoisotopic (exact) mass is 394 g/mol. The van der Waals surface area contributed by atoms with Gasteiger partial charge in [0.2, 0.25) is 5.91 Å². The molecule has 0 aliphatic heterocycles. The molecule has 1 atom stereocenters. The molecule has 0 saturated heterocycles. The number of amides is 1. The third-order valence-electron chi connectivity index (χ3n) is 2.85. The summed E-state index contributed by atoms with van der Waals surface area (Å²) in [6, 6.07) is 3.59. The number of carbonyl (C=O) groups is 1. The van der Waals surface area contributed by atoms with Crippen molar-refractivity contribution < 1.29 is 14.3 Å². The highest BCUT2D eigenvalue weighted by molar-refractivity contribution is 9.10. The van der Waals surface area contributed by atoms with Gasteiger partial charge >= 0.3 is 0 Å². The fourth-order valence-corrected chi connectivity index (χ4v) is 2.24. The standard InChI is InChI=1S/C15H23BrN2O3.ClH/c1-5-20-13-7-11(16)12(8-14(13)21-6-2)18-15(19)10(3)9-17-4;/h7-8,10,17H,5-6,9H2,1-4H3,(H,18,19);1H. The molecule has 1 amide bonds. The molecule has 1 unspecified atom stereocenters. The Morgan fingerprint density at radius 3 is 2.27 bits per heavy atom. The largest absolute Gasteiger partial charge is 0.490 e. The molecule has 7 heteroatoms. The van der Waals surface area contributed by atoms with Gasteiger partial charge in [-0.3, -0.25) is 4.79 Å². The normalized spacial score (nSPS) is 11.3. The second-order valence-corrected chi connectivity index (χ2v) is 5.45. The Morgan fingerprint density at radius 1 is 1.23 bits per heavy atom. The molecule has 2 N–H and O–H groups in total. The number of benzene rings is 1. The van der Waals surface area contributed by atoms with Crippen molar-refractivity contribution in [3.63, 3.8) is 0 Å². The molecule has 0 fully saturated rings. The molecule has 126 valence electrons. The molecular weight excluding hydrogens is 372 g/mol. The Kier molecular flexibility index (Phi) is 10.2. The van der Waals surface area contributed by atoms with Crippen molar-refractivity contribution in [2.24, 2.45) is 5.92 Å². The van der Waals surface area contributed by atoms with Crippen molar-refractivity contribution in [1.29, 1.82) is 0 Å². The first kappa shape index (κ1) is 21.0. The number of ether oxygens (including phenoxy) is 2. The van der Waals surface area contributed by atoms with Gasteiger partial charge in [0.1, 0.15) is 0 Å². The minimum Gasteiger partial charge on any atom is -0.490 e. The minimum atomic E-state index is -0.121. The molecule has 0 aliphatic carbocycles. The van der Waals surface area contributed by atoms with E-state index in [9.17, 15) is 4.79 Å². The van der Waals surface area contributed by atoms with Crippen LogP contribution in [-0.4, -0.2) is 32.7 Å². The Labute approximate surface area is 146 Å². The minimum absolute atomic E-state index is 0. The maximum atomic E-state index is 12.1. The third kappa shape index (κ3) is 6.02. The molecule has 1 aromatic rings. The highest BCUT2D eigenvalue weighted by Crippen LogP contribution is 2.36. The number of hydrogen-bond acceptors (Lipinski definition) is 4. The van der Waals surface area contributed by atoms with Crippen LogP contribution in [0.3, 0.4) is 0 Å². The molecular formula is C15H24BrClN2O3. The highest BCUT2D eigenvalue weighted by Gasteiger charge is 2.16. The Hall–Kier alpha value is -0.980. The van der Waals surface area contributed by atoms with Crippen molar-refractivity contribution in [3.05, 3.63) is 16.6 Å². The zero-order chi connectivity index (χ0) is 15.8. The first-order chi connectivity index (χ1) is 10.0. The Bertz CT molecular complexity index is 486. The van der Waals surface area contributed by atoms with Gasteiger partial charge in [0.05, 0.1) is 18.9 Å². The molecule has 0 spiro atoms. The summed E-state index contributed by atoms with van der Waals surface area (Å²) in [5, 5.41) is 5.89. The van der Waals surface area contributed by atoms with Crippen LogP contribution in [0.15, 0.2) is 16.6 Å². The van der Waals surface area contributed by atoms with Crippen molar-refractivity contribution in [3.8, 4) is 11.5 Å². The van der Waals surface area contributed by atoms with Gasteiger partial charge in [0.25, 0.3) is 0 Å². The molecule has 0 aromatic heterocycles. The SMILES string of the molecule is CCOc1cc(Br)c(NC(=O)C(C)CNC)cc1OCC.Cl. The van der Waals surface area contributed by atoms with Crippen LogP contribution in [0.2, 0.25) is 0 Å². The molecule has 1 aromatic carbocycles. The summed E-state index contributed by atoms with van der Waals surface area (Å²) in [5.41, 5.74) is 0.676. The summed E-state index contributed by atoms with van der Waals surface area (Å²) in [5.74, 6) is 1.12. The smallest absolute Gasteiger partial charge is 0.228 e. The predicted octanol–water partition coefficient (Wildman–Crippen LogP) is 3.46. The number of nitrogens with one attached hydrogen (secondary N) is 2. The van der Waals surface area contributed by atoms with E-state index in [1.807, 2.05) is 33.9 Å². The summed E-state index contributed by atoms with van der Waals surface area (Å²) < 4.78 is 11.9. The lowest BCUT2D eigenvalue weighted by atomic mass is 10.1.